The first-order chi connectivity index (χ1) is 12.9. The van der Waals surface area contributed by atoms with Crippen LogP contribution < -0.4 is 14.8 Å². The van der Waals surface area contributed by atoms with E-state index in [-0.39, 0.29) is 23.5 Å². The summed E-state index contributed by atoms with van der Waals surface area (Å²) in [5, 5.41) is 13.4. The number of benzene rings is 2. The van der Waals surface area contributed by atoms with Crippen molar-refractivity contribution in [3.63, 3.8) is 0 Å². The van der Waals surface area contributed by atoms with Gasteiger partial charge in [0.2, 0.25) is 0 Å². The van der Waals surface area contributed by atoms with Crippen LogP contribution in [0.25, 0.3) is 0 Å². The van der Waals surface area contributed by atoms with Gasteiger partial charge in [-0.25, -0.2) is 0 Å². The van der Waals surface area contributed by atoms with Crippen LogP contribution in [0.3, 0.4) is 0 Å². The molecule has 0 aliphatic rings. The van der Waals surface area contributed by atoms with Gasteiger partial charge in [0.05, 0.1) is 31.6 Å². The van der Waals surface area contributed by atoms with Crippen LogP contribution in [0.4, 0.5) is 11.4 Å². The van der Waals surface area contributed by atoms with Gasteiger partial charge in [-0.05, 0) is 29.8 Å². The molecule has 0 bridgehead atoms. The van der Waals surface area contributed by atoms with Gasteiger partial charge >= 0.3 is 5.97 Å². The Kier molecular flexibility index (Phi) is 6.70. The summed E-state index contributed by atoms with van der Waals surface area (Å²) < 4.78 is 14.9. The number of nitrogens with zero attached hydrogens (tertiary/aromatic N) is 1. The fraction of sp³-hybridized carbons (Fsp3) is 0.222. The summed E-state index contributed by atoms with van der Waals surface area (Å²) in [6.07, 6.45) is -0.0139. The lowest BCUT2D eigenvalue weighted by atomic mass is 10.1. The zero-order chi connectivity index (χ0) is 19.8. The van der Waals surface area contributed by atoms with Crippen LogP contribution >= 0.6 is 0 Å². The number of hydrogen-bond donors (Lipinski definition) is 1. The molecule has 0 heterocycles. The van der Waals surface area contributed by atoms with E-state index in [1.54, 1.807) is 24.3 Å². The molecule has 0 aliphatic carbocycles. The summed E-state index contributed by atoms with van der Waals surface area (Å²) >= 11 is 0. The molecular formula is C18H18N2O7. The minimum absolute atomic E-state index is 0.0139. The van der Waals surface area contributed by atoms with Crippen molar-refractivity contribution < 1.29 is 28.7 Å². The highest BCUT2D eigenvalue weighted by Crippen LogP contribution is 2.28. The lowest BCUT2D eigenvalue weighted by molar-refractivity contribution is -0.384. The highest BCUT2D eigenvalue weighted by atomic mass is 16.6. The predicted octanol–water partition coefficient (Wildman–Crippen LogP) is 2.34. The van der Waals surface area contributed by atoms with E-state index in [2.05, 4.69) is 5.32 Å². The summed E-state index contributed by atoms with van der Waals surface area (Å²) in [6, 6.07) is 10.8. The summed E-state index contributed by atoms with van der Waals surface area (Å²) in [5.74, 6) is -0.343. The van der Waals surface area contributed by atoms with Gasteiger partial charge in [-0.3, -0.25) is 19.7 Å². The maximum atomic E-state index is 11.9. The summed E-state index contributed by atoms with van der Waals surface area (Å²) in [6.45, 7) is -0.557. The molecule has 0 spiro atoms. The SMILES string of the molecule is COc1ccc(CC(=O)OCC(=O)Nc2ccc(OC)cc2[N+](=O)[O-])cc1. The van der Waals surface area contributed by atoms with Gasteiger partial charge in [0.25, 0.3) is 11.6 Å². The lowest BCUT2D eigenvalue weighted by Crippen LogP contribution is -2.22. The fourth-order valence-corrected chi connectivity index (χ4v) is 2.19. The van der Waals surface area contributed by atoms with Crippen molar-refractivity contribution in [1.29, 1.82) is 0 Å². The third-order valence-corrected chi connectivity index (χ3v) is 3.55. The highest BCUT2D eigenvalue weighted by Gasteiger charge is 2.18. The average molecular weight is 374 g/mol. The minimum Gasteiger partial charge on any atom is -0.497 e. The molecule has 0 aromatic heterocycles. The topological polar surface area (TPSA) is 117 Å². The molecule has 2 aromatic carbocycles. The van der Waals surface area contributed by atoms with E-state index in [1.165, 1.54) is 32.4 Å². The number of nitro benzene ring substituents is 1. The van der Waals surface area contributed by atoms with Crippen molar-refractivity contribution in [2.75, 3.05) is 26.1 Å². The van der Waals surface area contributed by atoms with E-state index in [9.17, 15) is 19.7 Å². The molecule has 0 unspecified atom stereocenters. The third-order valence-electron chi connectivity index (χ3n) is 3.55. The molecule has 9 nitrogen and oxygen atoms in total. The summed E-state index contributed by atoms with van der Waals surface area (Å²) in [4.78, 5) is 34.2. The van der Waals surface area contributed by atoms with E-state index in [0.717, 1.165) is 0 Å². The highest BCUT2D eigenvalue weighted by molar-refractivity contribution is 5.95. The van der Waals surface area contributed by atoms with Crippen LogP contribution in [0, 0.1) is 10.1 Å². The van der Waals surface area contributed by atoms with E-state index < -0.39 is 23.4 Å². The zero-order valence-corrected chi connectivity index (χ0v) is 14.8. The molecule has 1 amide bonds. The first-order valence-electron chi connectivity index (χ1n) is 7.83. The fourth-order valence-electron chi connectivity index (χ4n) is 2.19. The molecule has 0 radical (unpaired) electrons. The van der Waals surface area contributed by atoms with Crippen LogP contribution in [-0.2, 0) is 20.7 Å². The first-order valence-corrected chi connectivity index (χ1v) is 7.83. The van der Waals surface area contributed by atoms with Crippen LogP contribution in [0.15, 0.2) is 42.5 Å². The first kappa shape index (κ1) is 19.7. The third kappa shape index (κ3) is 5.70. The molecule has 0 fully saturated rings. The number of rotatable bonds is 8. The maximum Gasteiger partial charge on any atom is 0.310 e. The van der Waals surface area contributed by atoms with Crippen molar-refractivity contribution in [2.24, 2.45) is 0 Å². The minimum atomic E-state index is -0.689. The van der Waals surface area contributed by atoms with Crippen LogP contribution in [0.5, 0.6) is 11.5 Å². The zero-order valence-electron chi connectivity index (χ0n) is 14.8. The van der Waals surface area contributed by atoms with Crippen molar-refractivity contribution in [2.45, 2.75) is 6.42 Å². The monoisotopic (exact) mass is 374 g/mol. The number of hydrogen-bond acceptors (Lipinski definition) is 7. The van der Waals surface area contributed by atoms with Crippen LogP contribution in [0.1, 0.15) is 5.56 Å². The number of amides is 1. The Balaban J connectivity index is 1.90. The van der Waals surface area contributed by atoms with Crippen molar-refractivity contribution in [3.05, 3.63) is 58.1 Å². The Morgan fingerprint density at radius 3 is 2.26 bits per heavy atom. The normalized spacial score (nSPS) is 10.0. The quantitative estimate of drug-likeness (QED) is 0.428. The molecule has 0 aliphatic heterocycles. The summed E-state index contributed by atoms with van der Waals surface area (Å²) in [5.41, 5.74) is 0.358. The molecule has 2 rings (SSSR count). The number of nitrogens with one attached hydrogen (secondary N) is 1. The molecule has 2 aromatic rings. The average Bonchev–Trinajstić information content (AvgIpc) is 2.67. The maximum absolute atomic E-state index is 11.9. The number of anilines is 1. The Bertz CT molecular complexity index is 834. The molecular weight excluding hydrogens is 356 g/mol. The molecule has 142 valence electrons. The van der Waals surface area contributed by atoms with Crippen molar-refractivity contribution in [3.8, 4) is 11.5 Å². The van der Waals surface area contributed by atoms with Gasteiger partial charge in [-0.15, -0.1) is 0 Å². The van der Waals surface area contributed by atoms with Crippen molar-refractivity contribution >= 4 is 23.3 Å². The standard InChI is InChI=1S/C18H18N2O7/c1-25-13-5-3-12(4-6-13)9-18(22)27-11-17(21)19-15-8-7-14(26-2)10-16(15)20(23)24/h3-8,10H,9,11H2,1-2H3,(H,19,21). The number of methoxy groups -OCH3 is 2. The molecule has 1 N–H and O–H groups in total. The Labute approximate surface area is 155 Å². The Morgan fingerprint density at radius 2 is 1.67 bits per heavy atom. The van der Waals surface area contributed by atoms with Gasteiger partial charge < -0.3 is 19.5 Å². The van der Waals surface area contributed by atoms with Gasteiger partial charge in [0.15, 0.2) is 6.61 Å². The second kappa shape index (κ2) is 9.18. The number of esters is 1. The van der Waals surface area contributed by atoms with E-state index in [0.29, 0.717) is 11.3 Å². The number of carbonyl (C=O) groups excluding carboxylic acids is 2. The second-order valence-electron chi connectivity index (χ2n) is 5.37. The Hall–Kier alpha value is -3.62. The smallest absolute Gasteiger partial charge is 0.310 e. The van der Waals surface area contributed by atoms with Gasteiger partial charge in [-0.1, -0.05) is 12.1 Å². The largest absolute Gasteiger partial charge is 0.497 e. The van der Waals surface area contributed by atoms with E-state index in [1.807, 2.05) is 0 Å². The molecule has 0 saturated carbocycles. The second-order valence-corrected chi connectivity index (χ2v) is 5.37. The van der Waals surface area contributed by atoms with E-state index in [4.69, 9.17) is 14.2 Å². The van der Waals surface area contributed by atoms with Crippen LogP contribution in [-0.4, -0.2) is 37.6 Å². The number of carbonyl (C=O) groups is 2. The Morgan fingerprint density at radius 1 is 1.04 bits per heavy atom. The predicted molar refractivity (Wildman–Crippen MR) is 95.9 cm³/mol. The van der Waals surface area contributed by atoms with E-state index >= 15 is 0 Å². The van der Waals surface area contributed by atoms with Gasteiger partial charge in [0, 0.05) is 0 Å². The number of nitro groups is 1. The lowest BCUT2D eigenvalue weighted by Gasteiger charge is -2.08. The van der Waals surface area contributed by atoms with Crippen LogP contribution in [0.2, 0.25) is 0 Å². The molecule has 0 saturated heterocycles. The summed E-state index contributed by atoms with van der Waals surface area (Å²) in [7, 11) is 2.91. The van der Waals surface area contributed by atoms with Crippen molar-refractivity contribution in [1.82, 2.24) is 0 Å². The number of ether oxygens (including phenoxy) is 3. The molecule has 27 heavy (non-hydrogen) atoms. The van der Waals surface area contributed by atoms with Gasteiger partial charge in [0.1, 0.15) is 17.2 Å². The van der Waals surface area contributed by atoms with Gasteiger partial charge in [-0.2, -0.15) is 0 Å². The molecule has 0 atom stereocenters. The molecule has 9 heteroatoms.